The number of hydrogen-bond acceptors (Lipinski definition) is 5. The van der Waals surface area contributed by atoms with Gasteiger partial charge in [-0.25, -0.2) is 0 Å². The third-order valence-corrected chi connectivity index (χ3v) is 6.02. The third kappa shape index (κ3) is 2.57. The van der Waals surface area contributed by atoms with Crippen molar-refractivity contribution in [2.45, 2.75) is 19.3 Å². The molecular weight excluding hydrogens is 380 g/mol. The summed E-state index contributed by atoms with van der Waals surface area (Å²) in [6.07, 6.45) is 0.262. The Morgan fingerprint density at radius 3 is 1.93 bits per heavy atom. The zero-order valence-electron chi connectivity index (χ0n) is 15.9. The van der Waals surface area contributed by atoms with Gasteiger partial charge in [-0.1, -0.05) is 61.0 Å². The number of carbonyl (C=O) groups is 3. The first-order valence-corrected chi connectivity index (χ1v) is 9.31. The van der Waals surface area contributed by atoms with E-state index in [1.807, 2.05) is 0 Å². The minimum absolute atomic E-state index is 0.262. The van der Waals surface area contributed by atoms with Gasteiger partial charge in [0, 0.05) is 16.5 Å². The second-order valence-corrected chi connectivity index (χ2v) is 7.23. The first-order valence-electron chi connectivity index (χ1n) is 8.93. The molecule has 1 saturated carbocycles. The van der Waals surface area contributed by atoms with Crippen molar-refractivity contribution in [2.24, 2.45) is 10.8 Å². The predicted octanol–water partition coefficient (Wildman–Crippen LogP) is 4.05. The quantitative estimate of drug-likeness (QED) is 0.415. The van der Waals surface area contributed by atoms with Crippen LogP contribution in [-0.2, 0) is 19.1 Å². The smallest absolute Gasteiger partial charge is 0.324 e. The van der Waals surface area contributed by atoms with E-state index in [0.29, 0.717) is 16.1 Å². The Morgan fingerprint density at radius 2 is 1.46 bits per heavy atom. The zero-order valence-corrected chi connectivity index (χ0v) is 16.7. The lowest BCUT2D eigenvalue weighted by Crippen LogP contribution is -2.37. The SMILES string of the molecule is CCC1(C(=O)c2ccccc2)C(c2ccc(Cl)cc2)C1(C(=O)OC)C(=O)OC. The lowest BCUT2D eigenvalue weighted by molar-refractivity contribution is -0.163. The zero-order chi connectivity index (χ0) is 20.5. The van der Waals surface area contributed by atoms with Crippen LogP contribution in [0.4, 0.5) is 0 Å². The first kappa shape index (κ1) is 20.1. The van der Waals surface area contributed by atoms with E-state index in [0.717, 1.165) is 0 Å². The molecule has 0 amide bonds. The number of benzene rings is 2. The highest BCUT2D eigenvalue weighted by Gasteiger charge is 2.88. The van der Waals surface area contributed by atoms with Gasteiger partial charge in [0.15, 0.2) is 11.2 Å². The van der Waals surface area contributed by atoms with Crippen molar-refractivity contribution in [1.82, 2.24) is 0 Å². The molecular formula is C22H21ClO5. The fourth-order valence-corrected chi connectivity index (χ4v) is 4.66. The molecule has 2 aromatic carbocycles. The number of esters is 2. The molecule has 0 heterocycles. The van der Waals surface area contributed by atoms with Gasteiger partial charge in [-0.3, -0.25) is 14.4 Å². The van der Waals surface area contributed by atoms with Crippen LogP contribution in [0, 0.1) is 10.8 Å². The third-order valence-electron chi connectivity index (χ3n) is 5.76. The summed E-state index contributed by atoms with van der Waals surface area (Å²) in [5.41, 5.74) is -1.96. The molecule has 0 radical (unpaired) electrons. The predicted molar refractivity (Wildman–Crippen MR) is 104 cm³/mol. The number of methoxy groups -OCH3 is 2. The molecule has 0 N–H and O–H groups in total. The summed E-state index contributed by atoms with van der Waals surface area (Å²) in [7, 11) is 2.41. The van der Waals surface area contributed by atoms with Gasteiger partial charge in [-0.05, 0) is 24.1 Å². The molecule has 146 valence electrons. The Kier molecular flexibility index (Phi) is 5.31. The summed E-state index contributed by atoms with van der Waals surface area (Å²) in [4.78, 5) is 39.5. The van der Waals surface area contributed by atoms with E-state index < -0.39 is 28.7 Å². The Hall–Kier alpha value is -2.66. The minimum atomic E-state index is -1.74. The Balaban J connectivity index is 2.26. The van der Waals surface area contributed by atoms with Gasteiger partial charge in [0.25, 0.3) is 0 Å². The van der Waals surface area contributed by atoms with E-state index in [2.05, 4.69) is 0 Å². The van der Waals surface area contributed by atoms with E-state index in [-0.39, 0.29) is 12.2 Å². The lowest BCUT2D eigenvalue weighted by Gasteiger charge is -2.20. The molecule has 1 fully saturated rings. The van der Waals surface area contributed by atoms with E-state index in [4.69, 9.17) is 21.1 Å². The molecule has 0 spiro atoms. The number of Topliss-reactive ketones (excluding diaryl/α,β-unsaturated/α-hetero) is 1. The normalized spacial score (nSPS) is 22.2. The summed E-state index contributed by atoms with van der Waals surface area (Å²) in [5, 5.41) is 0.516. The van der Waals surface area contributed by atoms with Gasteiger partial charge in [-0.15, -0.1) is 0 Å². The Bertz CT molecular complexity index is 890. The highest BCUT2D eigenvalue weighted by atomic mass is 35.5. The van der Waals surface area contributed by atoms with Gasteiger partial charge < -0.3 is 9.47 Å². The average molecular weight is 401 g/mol. The van der Waals surface area contributed by atoms with Crippen molar-refractivity contribution < 1.29 is 23.9 Å². The van der Waals surface area contributed by atoms with Gasteiger partial charge in [-0.2, -0.15) is 0 Å². The molecule has 2 atom stereocenters. The Morgan fingerprint density at radius 1 is 0.929 bits per heavy atom. The minimum Gasteiger partial charge on any atom is -0.468 e. The number of hydrogen-bond donors (Lipinski definition) is 0. The Labute approximate surface area is 168 Å². The van der Waals surface area contributed by atoms with Gasteiger partial charge in [0.1, 0.15) is 0 Å². The van der Waals surface area contributed by atoms with Gasteiger partial charge in [0.2, 0.25) is 0 Å². The van der Waals surface area contributed by atoms with E-state index in [9.17, 15) is 14.4 Å². The molecule has 2 aromatic rings. The molecule has 3 rings (SSSR count). The average Bonchev–Trinajstić information content (AvgIpc) is 3.38. The molecule has 28 heavy (non-hydrogen) atoms. The lowest BCUT2D eigenvalue weighted by atomic mass is 9.83. The van der Waals surface area contributed by atoms with E-state index in [1.54, 1.807) is 61.5 Å². The fraction of sp³-hybridized carbons (Fsp3) is 0.318. The van der Waals surface area contributed by atoms with Crippen LogP contribution in [0.2, 0.25) is 5.02 Å². The maximum absolute atomic E-state index is 13.6. The molecule has 0 aliphatic heterocycles. The largest absolute Gasteiger partial charge is 0.468 e. The number of ether oxygens (including phenoxy) is 2. The van der Waals surface area contributed by atoms with Crippen LogP contribution in [-0.4, -0.2) is 31.9 Å². The highest BCUT2D eigenvalue weighted by Crippen LogP contribution is 2.77. The van der Waals surface area contributed by atoms with Crippen molar-refractivity contribution in [3.8, 4) is 0 Å². The molecule has 0 bridgehead atoms. The van der Waals surface area contributed by atoms with E-state index in [1.165, 1.54) is 14.2 Å². The molecule has 2 unspecified atom stereocenters. The van der Waals surface area contributed by atoms with Crippen LogP contribution in [0.25, 0.3) is 0 Å². The molecule has 5 nitrogen and oxygen atoms in total. The molecule has 1 aliphatic rings. The summed E-state index contributed by atoms with van der Waals surface area (Å²) in [6.45, 7) is 1.79. The molecule has 0 saturated heterocycles. The molecule has 6 heteroatoms. The maximum Gasteiger partial charge on any atom is 0.324 e. The van der Waals surface area contributed by atoms with Crippen molar-refractivity contribution >= 4 is 29.3 Å². The van der Waals surface area contributed by atoms with Crippen LogP contribution in [0.5, 0.6) is 0 Å². The highest BCUT2D eigenvalue weighted by molar-refractivity contribution is 6.30. The van der Waals surface area contributed by atoms with Crippen LogP contribution in [0.1, 0.15) is 35.2 Å². The first-order chi connectivity index (χ1) is 13.4. The number of rotatable bonds is 6. The molecule has 1 aliphatic carbocycles. The fourth-order valence-electron chi connectivity index (χ4n) is 4.53. The van der Waals surface area contributed by atoms with E-state index >= 15 is 0 Å². The second-order valence-electron chi connectivity index (χ2n) is 6.80. The second kappa shape index (κ2) is 7.40. The van der Waals surface area contributed by atoms with Crippen LogP contribution in [0.3, 0.4) is 0 Å². The molecule has 0 aromatic heterocycles. The number of carbonyl (C=O) groups excluding carboxylic acids is 3. The van der Waals surface area contributed by atoms with Crippen molar-refractivity contribution in [2.75, 3.05) is 14.2 Å². The van der Waals surface area contributed by atoms with Crippen molar-refractivity contribution in [3.63, 3.8) is 0 Å². The topological polar surface area (TPSA) is 69.7 Å². The monoisotopic (exact) mass is 400 g/mol. The standard InChI is InChI=1S/C22H21ClO5/c1-4-21(18(24)15-8-6-5-7-9-15)17(14-10-12-16(23)13-11-14)22(21,19(25)27-2)20(26)28-3/h5-13,17H,4H2,1-3H3. The van der Waals surface area contributed by atoms with Gasteiger partial charge >= 0.3 is 11.9 Å². The van der Waals surface area contributed by atoms with Crippen LogP contribution < -0.4 is 0 Å². The van der Waals surface area contributed by atoms with Crippen LogP contribution >= 0.6 is 11.6 Å². The van der Waals surface area contributed by atoms with Gasteiger partial charge in [0.05, 0.1) is 19.6 Å². The number of halogens is 1. The van der Waals surface area contributed by atoms with Crippen molar-refractivity contribution in [1.29, 1.82) is 0 Å². The summed E-state index contributed by atoms with van der Waals surface area (Å²) < 4.78 is 10.0. The maximum atomic E-state index is 13.6. The summed E-state index contributed by atoms with van der Waals surface area (Å²) >= 11 is 6.00. The summed E-state index contributed by atoms with van der Waals surface area (Å²) in [5.74, 6) is -2.54. The number of ketones is 1. The van der Waals surface area contributed by atoms with Crippen LogP contribution in [0.15, 0.2) is 54.6 Å². The summed E-state index contributed by atoms with van der Waals surface area (Å²) in [6, 6.07) is 15.4. The van der Waals surface area contributed by atoms with Crippen molar-refractivity contribution in [3.05, 3.63) is 70.7 Å².